The van der Waals surface area contributed by atoms with Gasteiger partial charge in [-0.25, -0.2) is 15.0 Å². The number of rotatable bonds is 4. The highest BCUT2D eigenvalue weighted by atomic mass is 79.9. The Balaban J connectivity index is 1.42. The van der Waals surface area contributed by atoms with Gasteiger partial charge in [0, 0.05) is 50.3 Å². The number of nitrogens with zero attached hydrogens (tertiary/aromatic N) is 6. The zero-order chi connectivity index (χ0) is 18.6. The second-order valence-electron chi connectivity index (χ2n) is 6.30. The number of hydrogen-bond donors (Lipinski definition) is 0. The Kier molecular flexibility index (Phi) is 5.15. The normalized spacial score (nSPS) is 14.4. The Hall–Kier alpha value is -2.74. The van der Waals surface area contributed by atoms with Crippen LogP contribution in [-0.4, -0.2) is 56.5 Å². The van der Waals surface area contributed by atoms with E-state index in [-0.39, 0.29) is 12.5 Å². The van der Waals surface area contributed by atoms with Gasteiger partial charge >= 0.3 is 0 Å². The molecule has 1 fully saturated rings. The zero-order valence-electron chi connectivity index (χ0n) is 14.7. The first-order valence-corrected chi connectivity index (χ1v) is 9.58. The molecule has 1 aromatic carbocycles. The molecule has 0 atom stereocenters. The number of aromatic nitrogens is 4. The van der Waals surface area contributed by atoms with Gasteiger partial charge in [-0.1, -0.05) is 30.3 Å². The first-order valence-electron chi connectivity index (χ1n) is 8.78. The van der Waals surface area contributed by atoms with Crippen LogP contribution in [0.5, 0.6) is 0 Å². The molecule has 3 aromatic rings. The van der Waals surface area contributed by atoms with Crippen molar-refractivity contribution in [2.75, 3.05) is 31.1 Å². The van der Waals surface area contributed by atoms with Gasteiger partial charge in [-0.15, -0.1) is 0 Å². The van der Waals surface area contributed by atoms with E-state index < -0.39 is 0 Å². The average molecular weight is 427 g/mol. The molecule has 27 heavy (non-hydrogen) atoms. The summed E-state index contributed by atoms with van der Waals surface area (Å²) in [7, 11) is 0. The molecule has 4 rings (SSSR count). The van der Waals surface area contributed by atoms with Gasteiger partial charge in [0.1, 0.15) is 17.0 Å². The molecular weight excluding hydrogens is 408 g/mol. The van der Waals surface area contributed by atoms with Crippen LogP contribution in [-0.2, 0) is 11.3 Å². The van der Waals surface area contributed by atoms with E-state index in [1.807, 2.05) is 46.0 Å². The maximum Gasteiger partial charge on any atom is 0.242 e. The van der Waals surface area contributed by atoms with Crippen LogP contribution in [0, 0.1) is 0 Å². The summed E-state index contributed by atoms with van der Waals surface area (Å²) in [5.41, 5.74) is 0.988. The van der Waals surface area contributed by atoms with Crippen LogP contribution in [0.25, 0.3) is 11.4 Å². The van der Waals surface area contributed by atoms with Gasteiger partial charge < -0.3 is 14.4 Å². The molecule has 0 N–H and O–H groups in total. The first-order chi connectivity index (χ1) is 13.2. The van der Waals surface area contributed by atoms with Gasteiger partial charge in [0.05, 0.1) is 0 Å². The number of halogens is 1. The van der Waals surface area contributed by atoms with E-state index in [4.69, 9.17) is 0 Å². The van der Waals surface area contributed by atoms with Crippen molar-refractivity contribution in [1.82, 2.24) is 24.4 Å². The minimum absolute atomic E-state index is 0.0886. The van der Waals surface area contributed by atoms with Crippen molar-refractivity contribution in [2.24, 2.45) is 0 Å². The highest BCUT2D eigenvalue weighted by Gasteiger charge is 2.23. The largest absolute Gasteiger partial charge is 0.338 e. The summed E-state index contributed by atoms with van der Waals surface area (Å²) in [6.45, 7) is 3.05. The number of hydrogen-bond acceptors (Lipinski definition) is 5. The Bertz CT molecular complexity index is 906. The van der Waals surface area contributed by atoms with E-state index in [9.17, 15) is 4.79 Å². The van der Waals surface area contributed by atoms with Gasteiger partial charge in [0.2, 0.25) is 11.9 Å². The van der Waals surface area contributed by atoms with Crippen molar-refractivity contribution in [3.63, 3.8) is 0 Å². The van der Waals surface area contributed by atoms with E-state index >= 15 is 0 Å². The summed E-state index contributed by atoms with van der Waals surface area (Å²) in [6.07, 6.45) is 5.33. The molecule has 7 nitrogen and oxygen atoms in total. The van der Waals surface area contributed by atoms with Gasteiger partial charge in [0.25, 0.3) is 0 Å². The van der Waals surface area contributed by atoms with Gasteiger partial charge in [-0.2, -0.15) is 0 Å². The lowest BCUT2D eigenvalue weighted by atomic mass is 10.2. The Morgan fingerprint density at radius 3 is 2.41 bits per heavy atom. The lowest BCUT2D eigenvalue weighted by molar-refractivity contribution is -0.132. The predicted molar refractivity (Wildman–Crippen MR) is 106 cm³/mol. The summed E-state index contributed by atoms with van der Waals surface area (Å²) < 4.78 is 2.62. The molecule has 0 aliphatic carbocycles. The summed E-state index contributed by atoms with van der Waals surface area (Å²) in [4.78, 5) is 29.9. The number of imidazole rings is 1. The standard InChI is InChI=1S/C19H19BrN6O/c20-16-13-26(18(23-16)15-5-2-1-3-6-15)14-17(27)24-9-11-25(12-10-24)19-21-7-4-8-22-19/h1-8,13H,9-12,14H2. The van der Waals surface area contributed by atoms with Gasteiger partial charge in [0.15, 0.2) is 0 Å². The molecule has 0 saturated carbocycles. The molecule has 8 heteroatoms. The highest BCUT2D eigenvalue weighted by Crippen LogP contribution is 2.21. The van der Waals surface area contributed by atoms with Gasteiger partial charge in [-0.05, 0) is 22.0 Å². The number of piperazine rings is 1. The van der Waals surface area contributed by atoms with E-state index in [2.05, 4.69) is 35.8 Å². The number of carbonyl (C=O) groups is 1. The minimum Gasteiger partial charge on any atom is -0.338 e. The Morgan fingerprint density at radius 2 is 1.70 bits per heavy atom. The van der Waals surface area contributed by atoms with E-state index in [0.717, 1.165) is 35.0 Å². The summed E-state index contributed by atoms with van der Waals surface area (Å²) >= 11 is 3.42. The molecule has 0 spiro atoms. The van der Waals surface area contributed by atoms with Crippen LogP contribution >= 0.6 is 15.9 Å². The maximum absolute atomic E-state index is 12.8. The molecule has 1 saturated heterocycles. The second-order valence-corrected chi connectivity index (χ2v) is 7.11. The van der Waals surface area contributed by atoms with Crippen molar-refractivity contribution in [3.8, 4) is 11.4 Å². The third-order valence-electron chi connectivity index (χ3n) is 4.55. The molecule has 138 valence electrons. The molecule has 0 bridgehead atoms. The lowest BCUT2D eigenvalue weighted by Crippen LogP contribution is -2.50. The van der Waals surface area contributed by atoms with Crippen LogP contribution in [0.3, 0.4) is 0 Å². The van der Waals surface area contributed by atoms with E-state index in [1.54, 1.807) is 18.5 Å². The van der Waals surface area contributed by atoms with Gasteiger partial charge in [-0.3, -0.25) is 4.79 Å². The maximum atomic E-state index is 12.8. The van der Waals surface area contributed by atoms with E-state index in [0.29, 0.717) is 13.1 Å². The first kappa shape index (κ1) is 17.7. The smallest absolute Gasteiger partial charge is 0.242 e. The van der Waals surface area contributed by atoms with Crippen molar-refractivity contribution < 1.29 is 4.79 Å². The molecule has 1 amide bonds. The minimum atomic E-state index is 0.0886. The zero-order valence-corrected chi connectivity index (χ0v) is 16.3. The third kappa shape index (κ3) is 4.00. The van der Waals surface area contributed by atoms with Crippen LogP contribution < -0.4 is 4.90 Å². The predicted octanol–water partition coefficient (Wildman–Crippen LogP) is 2.45. The number of anilines is 1. The molecule has 1 aliphatic heterocycles. The monoisotopic (exact) mass is 426 g/mol. The van der Waals surface area contributed by atoms with Crippen LogP contribution in [0.4, 0.5) is 5.95 Å². The average Bonchev–Trinajstić information content (AvgIpc) is 3.09. The van der Waals surface area contributed by atoms with Crippen molar-refractivity contribution >= 4 is 27.8 Å². The Morgan fingerprint density at radius 1 is 1.00 bits per heavy atom. The topological polar surface area (TPSA) is 67.2 Å². The highest BCUT2D eigenvalue weighted by molar-refractivity contribution is 9.10. The SMILES string of the molecule is O=C(Cn1cc(Br)nc1-c1ccccc1)N1CCN(c2ncccn2)CC1. The van der Waals surface area contributed by atoms with Crippen molar-refractivity contribution in [2.45, 2.75) is 6.54 Å². The lowest BCUT2D eigenvalue weighted by Gasteiger charge is -2.34. The fourth-order valence-electron chi connectivity index (χ4n) is 3.18. The molecule has 1 aliphatic rings. The fourth-order valence-corrected chi connectivity index (χ4v) is 3.59. The van der Waals surface area contributed by atoms with Crippen LogP contribution in [0.2, 0.25) is 0 Å². The van der Waals surface area contributed by atoms with E-state index in [1.165, 1.54) is 0 Å². The molecular formula is C19H19BrN6O. The second kappa shape index (κ2) is 7.87. The summed E-state index contributed by atoms with van der Waals surface area (Å²) in [5.74, 6) is 1.59. The molecule has 0 unspecified atom stereocenters. The molecule has 2 aromatic heterocycles. The molecule has 0 radical (unpaired) electrons. The Labute approximate surface area is 165 Å². The van der Waals surface area contributed by atoms with Crippen molar-refractivity contribution in [3.05, 3.63) is 59.6 Å². The number of amides is 1. The summed E-state index contributed by atoms with van der Waals surface area (Å²) in [6, 6.07) is 11.7. The van der Waals surface area contributed by atoms with Crippen LogP contribution in [0.1, 0.15) is 0 Å². The van der Waals surface area contributed by atoms with Crippen molar-refractivity contribution in [1.29, 1.82) is 0 Å². The molecule has 3 heterocycles. The third-order valence-corrected chi connectivity index (χ3v) is 4.93. The fraction of sp³-hybridized carbons (Fsp3) is 0.263. The quantitative estimate of drug-likeness (QED) is 0.640. The van der Waals surface area contributed by atoms with Crippen LogP contribution in [0.15, 0.2) is 59.6 Å². The number of carbonyl (C=O) groups excluding carboxylic acids is 1. The number of benzene rings is 1. The summed E-state index contributed by atoms with van der Waals surface area (Å²) in [5, 5.41) is 0.